The second-order valence-electron chi connectivity index (χ2n) is 5.71. The van der Waals surface area contributed by atoms with Crippen LogP contribution < -0.4 is 10.2 Å². The summed E-state index contributed by atoms with van der Waals surface area (Å²) < 4.78 is 0. The molecule has 1 aliphatic heterocycles. The van der Waals surface area contributed by atoms with E-state index in [0.717, 1.165) is 16.0 Å². The minimum Gasteiger partial charge on any atom is -0.291 e. The Kier molecular flexibility index (Phi) is 4.70. The van der Waals surface area contributed by atoms with Crippen LogP contribution in [-0.4, -0.2) is 24.1 Å². The number of hydrogen-bond donors (Lipinski definition) is 1. The highest BCUT2D eigenvalue weighted by molar-refractivity contribution is 6.32. The quantitative estimate of drug-likeness (QED) is 0.688. The van der Waals surface area contributed by atoms with E-state index in [1.165, 1.54) is 6.21 Å². The average Bonchev–Trinajstić information content (AvgIpc) is 2.60. The first-order valence-corrected chi connectivity index (χ1v) is 7.86. The van der Waals surface area contributed by atoms with Gasteiger partial charge in [-0.2, -0.15) is 0 Å². The molecule has 0 aliphatic carbocycles. The van der Waals surface area contributed by atoms with Crippen LogP contribution in [0.3, 0.4) is 0 Å². The minimum absolute atomic E-state index is 0.357. The summed E-state index contributed by atoms with van der Waals surface area (Å²) in [5.41, 5.74) is 2.19. The van der Waals surface area contributed by atoms with Crippen LogP contribution in [0.15, 0.2) is 59.6 Å². The van der Waals surface area contributed by atoms with Crippen LogP contribution in [0.4, 0.5) is 10.5 Å². The van der Waals surface area contributed by atoms with Crippen molar-refractivity contribution in [3.05, 3.63) is 65.7 Å². The number of nitrogens with one attached hydrogen (secondary N) is 1. The number of hydrogen-bond acceptors (Lipinski definition) is 4. The van der Waals surface area contributed by atoms with E-state index in [2.05, 4.69) is 10.3 Å². The summed E-state index contributed by atoms with van der Waals surface area (Å²) in [6, 6.07) is 15.8. The predicted molar refractivity (Wildman–Crippen MR) is 94.3 cm³/mol. The Bertz CT molecular complexity index is 846. The van der Waals surface area contributed by atoms with Crippen molar-refractivity contribution in [2.45, 2.75) is 13.5 Å². The van der Waals surface area contributed by atoms with E-state index in [0.29, 0.717) is 12.2 Å². The van der Waals surface area contributed by atoms with Gasteiger partial charge in [-0.15, -0.1) is 0 Å². The van der Waals surface area contributed by atoms with E-state index in [-0.39, 0.29) is 0 Å². The van der Waals surface area contributed by atoms with Crippen LogP contribution in [0.2, 0.25) is 0 Å². The van der Waals surface area contributed by atoms with E-state index < -0.39 is 23.8 Å². The van der Waals surface area contributed by atoms with Crippen LogP contribution in [0.25, 0.3) is 0 Å². The molecule has 126 valence electrons. The highest BCUT2D eigenvalue weighted by Crippen LogP contribution is 2.23. The van der Waals surface area contributed by atoms with E-state index in [1.54, 1.807) is 25.1 Å². The average molecular weight is 335 g/mol. The summed E-state index contributed by atoms with van der Waals surface area (Å²) in [5.74, 6) is -2.38. The molecule has 0 aromatic heterocycles. The van der Waals surface area contributed by atoms with Crippen molar-refractivity contribution < 1.29 is 14.4 Å². The van der Waals surface area contributed by atoms with Crippen LogP contribution >= 0.6 is 0 Å². The fraction of sp³-hybridized carbons (Fsp3) is 0.158. The molecule has 3 rings (SSSR count). The molecule has 1 saturated heterocycles. The number of para-hydroxylation sites is 1. The summed E-state index contributed by atoms with van der Waals surface area (Å²) >= 11 is 0. The zero-order valence-corrected chi connectivity index (χ0v) is 13.7. The van der Waals surface area contributed by atoms with E-state index in [9.17, 15) is 14.4 Å². The largest absolute Gasteiger partial charge is 0.335 e. The molecule has 1 N–H and O–H groups in total. The third-order valence-electron chi connectivity index (χ3n) is 3.93. The molecule has 2 aromatic carbocycles. The van der Waals surface area contributed by atoms with Crippen molar-refractivity contribution in [1.82, 2.24) is 5.32 Å². The molecular weight excluding hydrogens is 318 g/mol. The van der Waals surface area contributed by atoms with E-state index in [4.69, 9.17) is 0 Å². The second-order valence-corrected chi connectivity index (χ2v) is 5.71. The molecule has 6 heteroatoms. The standard InChI is InChI=1S/C19H17N3O3/c1-13-7-5-6-10-16(13)22-18(24)15(17(23)21-19(22)25)12-20-11-14-8-3-2-4-9-14/h2-10,12,15H,11H2,1H3,(H,21,23,25)/t15-/m0/s1. The van der Waals surface area contributed by atoms with Gasteiger partial charge in [0.1, 0.15) is 0 Å². The number of aryl methyl sites for hydroxylation is 1. The highest BCUT2D eigenvalue weighted by atomic mass is 16.2. The molecule has 0 unspecified atom stereocenters. The molecular formula is C19H17N3O3. The predicted octanol–water partition coefficient (Wildman–Crippen LogP) is 2.47. The SMILES string of the molecule is Cc1ccccc1N1C(=O)NC(=O)[C@H](C=NCc2ccccc2)C1=O. The van der Waals surface area contributed by atoms with Crippen molar-refractivity contribution in [3.8, 4) is 0 Å². The lowest BCUT2D eigenvalue weighted by Crippen LogP contribution is -2.58. The van der Waals surface area contributed by atoms with Crippen LogP contribution in [0, 0.1) is 12.8 Å². The number of barbiturate groups is 1. The number of amides is 4. The molecule has 6 nitrogen and oxygen atoms in total. The zero-order valence-electron chi connectivity index (χ0n) is 13.7. The molecule has 0 bridgehead atoms. The maximum atomic E-state index is 12.7. The molecule has 0 spiro atoms. The molecule has 25 heavy (non-hydrogen) atoms. The van der Waals surface area contributed by atoms with Gasteiger partial charge in [0.05, 0.1) is 12.2 Å². The molecule has 0 saturated carbocycles. The number of imide groups is 2. The first kappa shape index (κ1) is 16.6. The third kappa shape index (κ3) is 3.47. The Morgan fingerprint density at radius 2 is 1.72 bits per heavy atom. The highest BCUT2D eigenvalue weighted by Gasteiger charge is 2.40. The lowest BCUT2D eigenvalue weighted by Gasteiger charge is -2.29. The van der Waals surface area contributed by atoms with Gasteiger partial charge in [0.25, 0.3) is 5.91 Å². The molecule has 2 aromatic rings. The first-order valence-electron chi connectivity index (χ1n) is 7.86. The number of rotatable bonds is 4. The van der Waals surface area contributed by atoms with Crippen molar-refractivity contribution in [3.63, 3.8) is 0 Å². The number of anilines is 1. The van der Waals surface area contributed by atoms with Crippen molar-refractivity contribution >= 4 is 29.7 Å². The Morgan fingerprint density at radius 3 is 2.44 bits per heavy atom. The van der Waals surface area contributed by atoms with E-state index in [1.807, 2.05) is 36.4 Å². The molecule has 1 atom stereocenters. The summed E-state index contributed by atoms with van der Waals surface area (Å²) in [4.78, 5) is 42.1. The van der Waals surface area contributed by atoms with E-state index >= 15 is 0 Å². The Hall–Kier alpha value is -3.28. The molecule has 4 amide bonds. The molecule has 1 heterocycles. The summed E-state index contributed by atoms with van der Waals surface area (Å²) in [5, 5.41) is 2.22. The van der Waals surface area contributed by atoms with Crippen molar-refractivity contribution in [2.75, 3.05) is 4.90 Å². The van der Waals surface area contributed by atoms with Gasteiger partial charge in [-0.3, -0.25) is 19.9 Å². The number of urea groups is 1. The topological polar surface area (TPSA) is 78.8 Å². The van der Waals surface area contributed by atoms with Gasteiger partial charge in [0.15, 0.2) is 5.92 Å². The number of nitrogens with zero attached hydrogens (tertiary/aromatic N) is 2. The van der Waals surface area contributed by atoms with Gasteiger partial charge in [-0.25, -0.2) is 9.69 Å². The lowest BCUT2D eigenvalue weighted by molar-refractivity contribution is -0.131. The fourth-order valence-corrected chi connectivity index (χ4v) is 2.61. The van der Waals surface area contributed by atoms with Crippen LogP contribution in [0.5, 0.6) is 0 Å². The monoisotopic (exact) mass is 335 g/mol. The Morgan fingerprint density at radius 1 is 1.04 bits per heavy atom. The fourth-order valence-electron chi connectivity index (χ4n) is 2.61. The van der Waals surface area contributed by atoms with Crippen molar-refractivity contribution in [2.24, 2.45) is 10.9 Å². The van der Waals surface area contributed by atoms with Gasteiger partial charge < -0.3 is 0 Å². The Balaban J connectivity index is 1.82. The van der Waals surface area contributed by atoms with Crippen LogP contribution in [0.1, 0.15) is 11.1 Å². The molecule has 1 aliphatic rings. The van der Waals surface area contributed by atoms with Crippen molar-refractivity contribution in [1.29, 1.82) is 0 Å². The normalized spacial score (nSPS) is 17.9. The summed E-state index contributed by atoms with van der Waals surface area (Å²) in [7, 11) is 0. The van der Waals surface area contributed by atoms with Gasteiger partial charge in [0.2, 0.25) is 5.91 Å². The smallest absolute Gasteiger partial charge is 0.291 e. The number of benzene rings is 2. The van der Waals surface area contributed by atoms with Gasteiger partial charge in [-0.05, 0) is 24.1 Å². The summed E-state index contributed by atoms with van der Waals surface area (Å²) in [6.45, 7) is 2.15. The van der Waals surface area contributed by atoms with Gasteiger partial charge >= 0.3 is 6.03 Å². The maximum Gasteiger partial charge on any atom is 0.335 e. The maximum absolute atomic E-state index is 12.7. The zero-order chi connectivity index (χ0) is 17.8. The summed E-state index contributed by atoms with van der Waals surface area (Å²) in [6.07, 6.45) is 1.31. The number of aliphatic imine (C=N–C) groups is 1. The molecule has 0 radical (unpaired) electrons. The first-order chi connectivity index (χ1) is 12.1. The molecule has 1 fully saturated rings. The Labute approximate surface area is 145 Å². The van der Waals surface area contributed by atoms with Gasteiger partial charge in [0, 0.05) is 6.21 Å². The third-order valence-corrected chi connectivity index (χ3v) is 3.93. The number of carbonyl (C=O) groups is 3. The van der Waals surface area contributed by atoms with Gasteiger partial charge in [-0.1, -0.05) is 48.5 Å². The second kappa shape index (κ2) is 7.09. The lowest BCUT2D eigenvalue weighted by atomic mass is 10.0. The minimum atomic E-state index is -1.12. The number of carbonyl (C=O) groups excluding carboxylic acids is 3. The van der Waals surface area contributed by atoms with Crippen LogP contribution in [-0.2, 0) is 16.1 Å².